The summed E-state index contributed by atoms with van der Waals surface area (Å²) >= 11 is 0. The summed E-state index contributed by atoms with van der Waals surface area (Å²) in [5, 5.41) is 12.6. The van der Waals surface area contributed by atoms with Gasteiger partial charge < -0.3 is 19.9 Å². The first-order valence-electron chi connectivity index (χ1n) is 20.0. The number of carbonyl (C=O) groups is 1. The van der Waals surface area contributed by atoms with Crippen LogP contribution in [-0.4, -0.2) is 50.1 Å². The third-order valence-corrected chi connectivity index (χ3v) is 12.1. The van der Waals surface area contributed by atoms with Crippen molar-refractivity contribution in [3.63, 3.8) is 0 Å². The molecule has 0 radical (unpaired) electrons. The summed E-state index contributed by atoms with van der Waals surface area (Å²) in [6, 6.07) is 49.1. The van der Waals surface area contributed by atoms with E-state index < -0.39 is 28.3 Å². The van der Waals surface area contributed by atoms with Crippen molar-refractivity contribution < 1.29 is 27.8 Å². The number of hydrogen-bond acceptors (Lipinski definition) is 7. The lowest BCUT2D eigenvalue weighted by atomic mass is 9.97. The van der Waals surface area contributed by atoms with E-state index in [0.717, 1.165) is 57.6 Å². The van der Waals surface area contributed by atoms with Crippen LogP contribution in [0.2, 0.25) is 0 Å². The third-order valence-electron chi connectivity index (χ3n) is 10.6. The van der Waals surface area contributed by atoms with E-state index in [1.807, 2.05) is 116 Å². The van der Waals surface area contributed by atoms with Crippen LogP contribution < -0.4 is 10.0 Å². The summed E-state index contributed by atoms with van der Waals surface area (Å²) < 4.78 is 42.8. The highest BCUT2D eigenvalue weighted by Gasteiger charge is 2.33. The number of ether oxygens (including phenoxy) is 2. The van der Waals surface area contributed by atoms with Gasteiger partial charge in [0.2, 0.25) is 15.9 Å². The van der Waals surface area contributed by atoms with E-state index in [1.54, 1.807) is 24.3 Å². The maximum absolute atomic E-state index is 13.8. The Morgan fingerprint density at radius 1 is 0.746 bits per heavy atom. The predicted molar refractivity (Wildman–Crippen MR) is 230 cm³/mol. The fourth-order valence-corrected chi connectivity index (χ4v) is 8.63. The van der Waals surface area contributed by atoms with Crippen molar-refractivity contribution in [3.05, 3.63) is 197 Å². The lowest BCUT2D eigenvalue weighted by molar-refractivity contribution is -0.252. The molecule has 4 atom stereocenters. The zero-order chi connectivity index (χ0) is 41.2. The highest BCUT2D eigenvalue weighted by atomic mass is 32.2. The Labute approximate surface area is 347 Å². The number of nitrogens with one attached hydrogen (secondary N) is 2. The van der Waals surface area contributed by atoms with Crippen LogP contribution in [-0.2, 0) is 50.4 Å². The van der Waals surface area contributed by atoms with Gasteiger partial charge in [-0.05, 0) is 71.5 Å². The van der Waals surface area contributed by atoms with Gasteiger partial charge in [0.15, 0.2) is 6.29 Å². The van der Waals surface area contributed by atoms with E-state index in [-0.39, 0.29) is 36.7 Å². The maximum atomic E-state index is 13.8. The number of aliphatic hydroxyl groups excluding tert-OH is 1. The molecule has 6 aromatic rings. The molecule has 0 aliphatic carbocycles. The molecule has 1 fully saturated rings. The van der Waals surface area contributed by atoms with Crippen LogP contribution in [0.25, 0.3) is 11.1 Å². The largest absolute Gasteiger partial charge is 0.392 e. The van der Waals surface area contributed by atoms with Gasteiger partial charge in [-0.25, -0.2) is 8.42 Å². The molecule has 304 valence electrons. The SMILES string of the molecule is Cc1ccc(S(=O)(=O)N[C@H](Cc2ccccc2)C(=O)NCc2ccccc2-c2ccc([C@@H]3O[C@H](CN(C)Cc4ccccc4)C[C@H](c4ccc(CO)cc4)O3)cc2)cc1. The van der Waals surface area contributed by atoms with E-state index in [4.69, 9.17) is 9.47 Å². The van der Waals surface area contributed by atoms with Gasteiger partial charge in [-0.1, -0.05) is 151 Å². The van der Waals surface area contributed by atoms with Crippen molar-refractivity contribution in [1.29, 1.82) is 0 Å². The van der Waals surface area contributed by atoms with Crippen LogP contribution in [0.5, 0.6) is 0 Å². The minimum Gasteiger partial charge on any atom is -0.392 e. The number of sulfonamides is 1. The predicted octanol–water partition coefficient (Wildman–Crippen LogP) is 8.04. The molecule has 0 bridgehead atoms. The molecule has 7 rings (SSSR count). The number of benzene rings is 6. The van der Waals surface area contributed by atoms with Crippen molar-refractivity contribution in [3.8, 4) is 11.1 Å². The zero-order valence-corrected chi connectivity index (χ0v) is 34.2. The molecule has 0 spiro atoms. The second-order valence-electron chi connectivity index (χ2n) is 15.2. The highest BCUT2D eigenvalue weighted by molar-refractivity contribution is 7.89. The standard InChI is InChI=1S/C49H51N3O6S/c1-35-17-27-44(28-18-35)59(55,56)51-46(29-36-11-5-3-6-12-36)48(54)50-31-42-15-9-10-16-45(42)39-23-25-41(26-24-39)49-57-43(33-52(2)32-37-13-7-4-8-14-37)30-47(58-49)40-21-19-38(34-53)20-22-40/h3-28,43,46-47,49,51,53H,29-34H2,1-2H3,(H,50,54)/t43-,46+,47+,49+/m0/s1. The van der Waals surface area contributed by atoms with Gasteiger partial charge in [-0.15, -0.1) is 0 Å². The van der Waals surface area contributed by atoms with Crippen LogP contribution in [0, 0.1) is 6.92 Å². The van der Waals surface area contributed by atoms with Gasteiger partial charge in [0.25, 0.3) is 0 Å². The number of nitrogens with zero attached hydrogens (tertiary/aromatic N) is 1. The molecule has 59 heavy (non-hydrogen) atoms. The zero-order valence-electron chi connectivity index (χ0n) is 33.4. The lowest BCUT2D eigenvalue weighted by Gasteiger charge is -2.38. The molecule has 9 nitrogen and oxygen atoms in total. The van der Waals surface area contributed by atoms with Crippen molar-refractivity contribution in [1.82, 2.24) is 14.9 Å². The van der Waals surface area contributed by atoms with Gasteiger partial charge >= 0.3 is 0 Å². The van der Waals surface area contributed by atoms with E-state index in [9.17, 15) is 18.3 Å². The summed E-state index contributed by atoms with van der Waals surface area (Å²) in [6.45, 7) is 3.58. The number of amides is 1. The normalized spacial score (nSPS) is 17.4. The monoisotopic (exact) mass is 809 g/mol. The summed E-state index contributed by atoms with van der Waals surface area (Å²) in [5.74, 6) is -0.425. The first kappa shape index (κ1) is 41.7. The summed E-state index contributed by atoms with van der Waals surface area (Å²) in [7, 11) is -1.87. The van der Waals surface area contributed by atoms with Gasteiger partial charge in [-0.2, -0.15) is 4.72 Å². The maximum Gasteiger partial charge on any atom is 0.241 e. The second kappa shape index (κ2) is 19.5. The number of aryl methyl sites for hydroxylation is 1. The Morgan fingerprint density at radius 2 is 1.37 bits per heavy atom. The first-order chi connectivity index (χ1) is 28.6. The second-order valence-corrected chi connectivity index (χ2v) is 16.9. The van der Waals surface area contributed by atoms with E-state index in [1.165, 1.54) is 5.56 Å². The molecule has 0 aromatic heterocycles. The lowest BCUT2D eigenvalue weighted by Crippen LogP contribution is -2.47. The fourth-order valence-electron chi connectivity index (χ4n) is 7.43. The van der Waals surface area contributed by atoms with Gasteiger partial charge in [0, 0.05) is 31.6 Å². The number of aliphatic hydroxyl groups is 1. The summed E-state index contributed by atoms with van der Waals surface area (Å²) in [4.78, 5) is 16.2. The quantitative estimate of drug-likeness (QED) is 0.0907. The Morgan fingerprint density at radius 3 is 2.05 bits per heavy atom. The molecule has 1 saturated heterocycles. The molecule has 1 aliphatic rings. The van der Waals surface area contributed by atoms with Crippen LogP contribution in [0.15, 0.2) is 163 Å². The number of rotatable bonds is 16. The minimum atomic E-state index is -3.98. The van der Waals surface area contributed by atoms with Crippen molar-refractivity contribution in [2.75, 3.05) is 13.6 Å². The summed E-state index contributed by atoms with van der Waals surface area (Å²) in [5.41, 5.74) is 8.55. The number of hydrogen-bond donors (Lipinski definition) is 3. The molecule has 6 aromatic carbocycles. The Bertz CT molecular complexity index is 2380. The Kier molecular flexibility index (Phi) is 13.8. The molecular formula is C49H51N3O6S. The van der Waals surface area contributed by atoms with Gasteiger partial charge in [0.05, 0.1) is 23.7 Å². The van der Waals surface area contributed by atoms with Crippen LogP contribution >= 0.6 is 0 Å². The van der Waals surface area contributed by atoms with E-state index in [2.05, 4.69) is 46.3 Å². The topological polar surface area (TPSA) is 117 Å². The van der Waals surface area contributed by atoms with Gasteiger partial charge in [0.1, 0.15) is 6.04 Å². The Hall–Kier alpha value is -5.46. The average Bonchev–Trinajstić information content (AvgIpc) is 3.26. The van der Waals surface area contributed by atoms with E-state index in [0.29, 0.717) is 6.42 Å². The number of likely N-dealkylation sites (N-methyl/N-ethyl adjacent to an activating group) is 1. The Balaban J connectivity index is 1.06. The molecule has 0 saturated carbocycles. The smallest absolute Gasteiger partial charge is 0.241 e. The third kappa shape index (κ3) is 11.2. The molecule has 0 unspecified atom stereocenters. The van der Waals surface area contributed by atoms with Crippen LogP contribution in [0.1, 0.15) is 57.8 Å². The molecule has 1 amide bonds. The first-order valence-corrected chi connectivity index (χ1v) is 21.4. The fraction of sp³-hybridized carbons (Fsp3) is 0.245. The highest BCUT2D eigenvalue weighted by Crippen LogP contribution is 2.39. The average molecular weight is 810 g/mol. The molecule has 1 aliphatic heterocycles. The van der Waals surface area contributed by atoms with Crippen LogP contribution in [0.4, 0.5) is 0 Å². The van der Waals surface area contributed by atoms with Crippen molar-refractivity contribution >= 4 is 15.9 Å². The molecule has 1 heterocycles. The molecule has 3 N–H and O–H groups in total. The van der Waals surface area contributed by atoms with Crippen LogP contribution in [0.3, 0.4) is 0 Å². The van der Waals surface area contributed by atoms with Crippen molar-refractivity contribution in [2.45, 2.75) is 68.9 Å². The summed E-state index contributed by atoms with van der Waals surface area (Å²) in [6.07, 6.45) is -0.0280. The van der Waals surface area contributed by atoms with Crippen molar-refractivity contribution in [2.24, 2.45) is 0 Å². The molecular weight excluding hydrogens is 759 g/mol. The molecule has 10 heteroatoms. The van der Waals surface area contributed by atoms with E-state index >= 15 is 0 Å². The minimum absolute atomic E-state index is 0.0167. The number of carbonyl (C=O) groups excluding carboxylic acids is 1. The van der Waals surface area contributed by atoms with Gasteiger partial charge in [-0.3, -0.25) is 9.69 Å².